The Kier molecular flexibility index (Phi) is 5.89. The van der Waals surface area contributed by atoms with Crippen LogP contribution in [0.15, 0.2) is 16.6 Å². The van der Waals surface area contributed by atoms with E-state index >= 15 is 0 Å². The quantitative estimate of drug-likeness (QED) is 0.720. The van der Waals surface area contributed by atoms with E-state index in [9.17, 15) is 8.78 Å². The Morgan fingerprint density at radius 3 is 2.53 bits per heavy atom. The highest BCUT2D eigenvalue weighted by molar-refractivity contribution is 9.10. The van der Waals surface area contributed by atoms with Crippen molar-refractivity contribution in [3.05, 3.63) is 28.2 Å². The van der Waals surface area contributed by atoms with Gasteiger partial charge in [-0.3, -0.25) is 0 Å². The summed E-state index contributed by atoms with van der Waals surface area (Å²) in [5.41, 5.74) is 0.244. The van der Waals surface area contributed by atoms with Crippen molar-refractivity contribution in [2.75, 3.05) is 5.32 Å². The van der Waals surface area contributed by atoms with Crippen LogP contribution in [0.2, 0.25) is 0 Å². The van der Waals surface area contributed by atoms with E-state index in [4.69, 9.17) is 0 Å². The van der Waals surface area contributed by atoms with Crippen LogP contribution in [0.25, 0.3) is 0 Å². The largest absolute Gasteiger partial charge is 0.380 e. The molecule has 0 aliphatic heterocycles. The molecule has 1 nitrogen and oxygen atoms in total. The molecular weight excluding hydrogens is 288 g/mol. The van der Waals surface area contributed by atoms with Crippen molar-refractivity contribution in [3.63, 3.8) is 0 Å². The fraction of sp³-hybridized carbons (Fsp3) is 0.538. The molecule has 1 aromatic rings. The molecule has 0 spiro atoms. The Balaban J connectivity index is 2.75. The van der Waals surface area contributed by atoms with Gasteiger partial charge in [0.05, 0.1) is 10.2 Å². The molecule has 0 aliphatic rings. The van der Waals surface area contributed by atoms with Gasteiger partial charge in [-0.1, -0.05) is 26.7 Å². The fourth-order valence-corrected chi connectivity index (χ4v) is 2.00. The number of hydrogen-bond donors (Lipinski definition) is 1. The minimum atomic E-state index is -0.445. The zero-order valence-electron chi connectivity index (χ0n) is 10.2. The van der Waals surface area contributed by atoms with E-state index in [-0.39, 0.29) is 16.2 Å². The molecule has 4 heteroatoms. The van der Waals surface area contributed by atoms with Gasteiger partial charge in [0, 0.05) is 12.1 Å². The van der Waals surface area contributed by atoms with E-state index in [1.54, 1.807) is 0 Å². The molecule has 1 N–H and O–H groups in total. The lowest BCUT2D eigenvalue weighted by Crippen LogP contribution is -2.19. The molecule has 0 radical (unpaired) electrons. The van der Waals surface area contributed by atoms with Crippen LogP contribution in [0.4, 0.5) is 14.5 Å². The minimum absolute atomic E-state index is 0.155. The average molecular weight is 306 g/mol. The Morgan fingerprint density at radius 1 is 1.24 bits per heavy atom. The SMILES string of the molecule is CCCCC(CC)Nc1cc(F)c(Br)cc1F. The second-order valence-electron chi connectivity index (χ2n) is 4.14. The van der Waals surface area contributed by atoms with Crippen LogP contribution in [0.3, 0.4) is 0 Å². The summed E-state index contributed by atoms with van der Waals surface area (Å²) in [6, 6.07) is 2.56. The molecule has 0 aliphatic carbocycles. The van der Waals surface area contributed by atoms with Gasteiger partial charge in [0.2, 0.25) is 0 Å². The number of rotatable bonds is 6. The number of anilines is 1. The van der Waals surface area contributed by atoms with Crippen molar-refractivity contribution in [2.24, 2.45) is 0 Å². The van der Waals surface area contributed by atoms with Crippen LogP contribution < -0.4 is 5.32 Å². The summed E-state index contributed by atoms with van der Waals surface area (Å²) in [6.45, 7) is 4.16. The summed E-state index contributed by atoms with van der Waals surface area (Å²) in [4.78, 5) is 0. The van der Waals surface area contributed by atoms with E-state index in [1.807, 2.05) is 6.92 Å². The molecule has 1 aromatic carbocycles. The number of hydrogen-bond acceptors (Lipinski definition) is 1. The monoisotopic (exact) mass is 305 g/mol. The second-order valence-corrected chi connectivity index (χ2v) is 4.99. The first-order chi connectivity index (χ1) is 8.08. The molecule has 0 saturated heterocycles. The molecule has 1 unspecified atom stereocenters. The predicted octanol–water partition coefficient (Wildman–Crippen LogP) is 5.11. The summed E-state index contributed by atoms with van der Waals surface area (Å²) in [5.74, 6) is -0.868. The number of halogens is 3. The lowest BCUT2D eigenvalue weighted by Gasteiger charge is -2.18. The van der Waals surface area contributed by atoms with Crippen LogP contribution in [0.5, 0.6) is 0 Å². The number of unbranched alkanes of at least 4 members (excludes halogenated alkanes) is 1. The first-order valence-electron chi connectivity index (χ1n) is 5.99. The third-order valence-corrected chi connectivity index (χ3v) is 3.38. The highest BCUT2D eigenvalue weighted by Gasteiger charge is 2.12. The molecule has 0 amide bonds. The average Bonchev–Trinajstić information content (AvgIpc) is 2.30. The second kappa shape index (κ2) is 6.94. The van der Waals surface area contributed by atoms with Gasteiger partial charge >= 0.3 is 0 Å². The zero-order chi connectivity index (χ0) is 12.8. The van der Waals surface area contributed by atoms with Gasteiger partial charge in [-0.05, 0) is 34.8 Å². The lowest BCUT2D eigenvalue weighted by atomic mass is 10.1. The fourth-order valence-electron chi connectivity index (χ4n) is 1.68. The Hall–Kier alpha value is -0.640. The van der Waals surface area contributed by atoms with E-state index in [0.29, 0.717) is 0 Å². The van der Waals surface area contributed by atoms with E-state index < -0.39 is 11.6 Å². The van der Waals surface area contributed by atoms with Crippen molar-refractivity contribution >= 4 is 21.6 Å². The summed E-state index contributed by atoms with van der Waals surface area (Å²) in [5, 5.41) is 3.06. The Morgan fingerprint density at radius 2 is 1.94 bits per heavy atom. The minimum Gasteiger partial charge on any atom is -0.380 e. The highest BCUT2D eigenvalue weighted by Crippen LogP contribution is 2.24. The number of benzene rings is 1. The van der Waals surface area contributed by atoms with Crippen molar-refractivity contribution in [1.82, 2.24) is 0 Å². The van der Waals surface area contributed by atoms with Gasteiger partial charge in [0.25, 0.3) is 0 Å². The number of nitrogens with one attached hydrogen (secondary N) is 1. The van der Waals surface area contributed by atoms with E-state index in [1.165, 1.54) is 6.07 Å². The molecule has 96 valence electrons. The van der Waals surface area contributed by atoms with Gasteiger partial charge < -0.3 is 5.32 Å². The third-order valence-electron chi connectivity index (χ3n) is 2.77. The van der Waals surface area contributed by atoms with Crippen LogP contribution in [-0.4, -0.2) is 6.04 Å². The van der Waals surface area contributed by atoms with Crippen molar-refractivity contribution in [2.45, 2.75) is 45.6 Å². The molecular formula is C13H18BrF2N. The molecule has 0 fully saturated rings. The summed E-state index contributed by atoms with van der Waals surface area (Å²) in [7, 11) is 0. The van der Waals surface area contributed by atoms with Crippen molar-refractivity contribution in [1.29, 1.82) is 0 Å². The summed E-state index contributed by atoms with van der Waals surface area (Å²) < 4.78 is 27.1. The maximum absolute atomic E-state index is 13.6. The predicted molar refractivity (Wildman–Crippen MR) is 71.3 cm³/mol. The van der Waals surface area contributed by atoms with Gasteiger partial charge in [0.15, 0.2) is 0 Å². The van der Waals surface area contributed by atoms with Gasteiger partial charge in [-0.2, -0.15) is 0 Å². The van der Waals surface area contributed by atoms with Gasteiger partial charge in [-0.25, -0.2) is 8.78 Å². The molecule has 0 aromatic heterocycles. The Bertz CT molecular complexity index is 369. The smallest absolute Gasteiger partial charge is 0.147 e. The van der Waals surface area contributed by atoms with Crippen molar-refractivity contribution < 1.29 is 8.78 Å². The molecule has 17 heavy (non-hydrogen) atoms. The highest BCUT2D eigenvalue weighted by atomic mass is 79.9. The van der Waals surface area contributed by atoms with Crippen LogP contribution in [-0.2, 0) is 0 Å². The molecule has 1 rings (SSSR count). The zero-order valence-corrected chi connectivity index (χ0v) is 11.8. The molecule has 0 heterocycles. The Labute approximate surface area is 110 Å². The van der Waals surface area contributed by atoms with Crippen LogP contribution in [0.1, 0.15) is 39.5 Å². The van der Waals surface area contributed by atoms with E-state index in [2.05, 4.69) is 28.2 Å². The first-order valence-corrected chi connectivity index (χ1v) is 6.78. The normalized spacial score (nSPS) is 12.5. The summed E-state index contributed by atoms with van der Waals surface area (Å²) >= 11 is 2.96. The van der Waals surface area contributed by atoms with Crippen molar-refractivity contribution in [3.8, 4) is 0 Å². The molecule has 0 saturated carbocycles. The molecule has 1 atom stereocenters. The lowest BCUT2D eigenvalue weighted by molar-refractivity contribution is 0.572. The van der Waals surface area contributed by atoms with E-state index in [0.717, 1.165) is 31.7 Å². The standard InChI is InChI=1S/C13H18BrF2N/c1-3-5-6-9(4-2)17-13-8-11(15)10(14)7-12(13)16/h7-9,17H,3-6H2,1-2H3. The van der Waals surface area contributed by atoms with Crippen LogP contribution >= 0.6 is 15.9 Å². The van der Waals surface area contributed by atoms with Gasteiger partial charge in [-0.15, -0.1) is 0 Å². The molecule has 0 bridgehead atoms. The first kappa shape index (κ1) is 14.4. The third kappa shape index (κ3) is 4.26. The maximum Gasteiger partial charge on any atom is 0.147 e. The van der Waals surface area contributed by atoms with Gasteiger partial charge in [0.1, 0.15) is 11.6 Å². The van der Waals surface area contributed by atoms with Crippen LogP contribution in [0, 0.1) is 11.6 Å². The maximum atomic E-state index is 13.6. The topological polar surface area (TPSA) is 12.0 Å². The summed E-state index contributed by atoms with van der Waals surface area (Å²) in [6.07, 6.45) is 4.07.